The summed E-state index contributed by atoms with van der Waals surface area (Å²) in [5.41, 5.74) is 1.64. The molecule has 8 nitrogen and oxygen atoms in total. The maximum absolute atomic E-state index is 14.6. The second-order valence-corrected chi connectivity index (χ2v) is 10.7. The van der Waals surface area contributed by atoms with Crippen LogP contribution in [0.1, 0.15) is 34.5 Å². The molecule has 0 atom stereocenters. The third-order valence-electron chi connectivity index (χ3n) is 6.87. The molecular weight excluding hydrogens is 567 g/mol. The van der Waals surface area contributed by atoms with Crippen LogP contribution in [0.2, 0.25) is 10.2 Å². The minimum absolute atomic E-state index is 0.0683. The van der Waals surface area contributed by atoms with E-state index >= 15 is 0 Å². The first-order valence-corrected chi connectivity index (χ1v) is 12.6. The van der Waals surface area contributed by atoms with Gasteiger partial charge in [0.25, 0.3) is 11.5 Å². The monoisotopic (exact) mass is 590 g/mol. The maximum Gasteiger partial charge on any atom is 0.490 e. The minimum Gasteiger partial charge on any atom is -0.475 e. The summed E-state index contributed by atoms with van der Waals surface area (Å²) in [5.74, 6) is -3.57. The van der Waals surface area contributed by atoms with E-state index in [4.69, 9.17) is 33.1 Å². The summed E-state index contributed by atoms with van der Waals surface area (Å²) in [6.45, 7) is 3.39. The number of nitrogens with zero attached hydrogens (tertiary/aromatic N) is 3. The number of piperidine rings is 1. The van der Waals surface area contributed by atoms with Crippen LogP contribution in [0.4, 0.5) is 17.6 Å². The van der Waals surface area contributed by atoms with Crippen LogP contribution < -0.4 is 5.56 Å². The van der Waals surface area contributed by atoms with E-state index in [2.05, 4.69) is 16.9 Å². The van der Waals surface area contributed by atoms with E-state index in [-0.39, 0.29) is 32.6 Å². The number of rotatable bonds is 3. The van der Waals surface area contributed by atoms with Crippen LogP contribution in [0.5, 0.6) is 0 Å². The third kappa shape index (κ3) is 6.07. The number of aromatic amines is 1. The van der Waals surface area contributed by atoms with Gasteiger partial charge in [0.15, 0.2) is 0 Å². The number of carboxylic acid groups (broad SMARTS) is 1. The summed E-state index contributed by atoms with van der Waals surface area (Å²) in [6, 6.07) is 6.05. The molecule has 2 saturated heterocycles. The predicted molar refractivity (Wildman–Crippen MR) is 136 cm³/mol. The number of aromatic nitrogens is 2. The van der Waals surface area contributed by atoms with Gasteiger partial charge in [-0.2, -0.15) is 13.2 Å². The highest BCUT2D eigenvalue weighted by Crippen LogP contribution is 2.39. The van der Waals surface area contributed by atoms with Crippen molar-refractivity contribution in [3.05, 3.63) is 73.6 Å². The number of aliphatic carboxylic acids is 1. The van der Waals surface area contributed by atoms with Gasteiger partial charge in [-0.05, 0) is 50.2 Å². The lowest BCUT2D eigenvalue weighted by Crippen LogP contribution is -2.63. The van der Waals surface area contributed by atoms with Gasteiger partial charge >= 0.3 is 12.1 Å². The molecule has 1 amide bonds. The zero-order chi connectivity index (χ0) is 28.7. The van der Waals surface area contributed by atoms with E-state index in [0.29, 0.717) is 30.7 Å². The lowest BCUT2D eigenvalue weighted by molar-refractivity contribution is -0.192. The number of halogens is 6. The van der Waals surface area contributed by atoms with Crippen molar-refractivity contribution in [3.8, 4) is 0 Å². The Labute approximate surface area is 229 Å². The van der Waals surface area contributed by atoms with Gasteiger partial charge in [0.1, 0.15) is 16.5 Å². The fourth-order valence-corrected chi connectivity index (χ4v) is 5.61. The average Bonchev–Trinajstić information content (AvgIpc) is 3.15. The SMILES string of the molecule is CN1CCCC2(C1)CN(C(=O)c1cc(Cc3c[nH]c(=O)c4cc(Cl)c(Cl)n34)ccc1F)C2.O=C(O)C(F)(F)F. The molecule has 1 aromatic carbocycles. The van der Waals surface area contributed by atoms with Crippen LogP contribution in [0.15, 0.2) is 35.3 Å². The van der Waals surface area contributed by atoms with Gasteiger partial charge < -0.3 is 19.9 Å². The van der Waals surface area contributed by atoms with Crippen molar-refractivity contribution in [2.75, 3.05) is 33.2 Å². The van der Waals surface area contributed by atoms with Crippen molar-refractivity contribution in [1.82, 2.24) is 19.2 Å². The Kier molecular flexibility index (Phi) is 8.02. The number of nitrogens with one attached hydrogen (secondary N) is 1. The molecule has 5 rings (SSSR count). The highest BCUT2D eigenvalue weighted by atomic mass is 35.5. The highest BCUT2D eigenvalue weighted by Gasteiger charge is 2.47. The number of carbonyl (C=O) groups excluding carboxylic acids is 1. The van der Waals surface area contributed by atoms with E-state index in [1.807, 2.05) is 0 Å². The second-order valence-electron chi connectivity index (χ2n) is 9.91. The van der Waals surface area contributed by atoms with E-state index < -0.39 is 18.0 Å². The lowest BCUT2D eigenvalue weighted by atomic mass is 9.73. The molecule has 14 heteroatoms. The number of carbonyl (C=O) groups is 2. The van der Waals surface area contributed by atoms with Crippen molar-refractivity contribution in [2.45, 2.75) is 25.4 Å². The molecule has 3 aromatic rings. The van der Waals surface area contributed by atoms with Crippen LogP contribution >= 0.6 is 23.2 Å². The molecule has 2 aromatic heterocycles. The number of hydrogen-bond donors (Lipinski definition) is 2. The first-order valence-electron chi connectivity index (χ1n) is 11.8. The zero-order valence-corrected chi connectivity index (χ0v) is 22.1. The van der Waals surface area contributed by atoms with Crippen LogP contribution in [0.25, 0.3) is 5.52 Å². The molecule has 39 heavy (non-hydrogen) atoms. The van der Waals surface area contributed by atoms with E-state index in [9.17, 15) is 27.2 Å². The lowest BCUT2D eigenvalue weighted by Gasteiger charge is -2.54. The quantitative estimate of drug-likeness (QED) is 0.439. The molecule has 2 fully saturated rings. The van der Waals surface area contributed by atoms with Crippen molar-refractivity contribution in [2.24, 2.45) is 5.41 Å². The Hall–Kier alpha value is -3.09. The number of carboxylic acids is 1. The molecule has 0 radical (unpaired) electrons. The highest BCUT2D eigenvalue weighted by molar-refractivity contribution is 6.42. The van der Waals surface area contributed by atoms with Gasteiger partial charge in [-0.3, -0.25) is 14.0 Å². The third-order valence-corrected chi connectivity index (χ3v) is 7.63. The Balaban J connectivity index is 0.000000448. The maximum atomic E-state index is 14.6. The molecular formula is C25H24Cl2F4N4O4. The molecule has 210 valence electrons. The Morgan fingerprint density at radius 2 is 1.82 bits per heavy atom. The molecule has 1 spiro atoms. The minimum atomic E-state index is -5.08. The fourth-order valence-electron chi connectivity index (χ4n) is 5.17. The number of fused-ring (bicyclic) bond motifs is 1. The van der Waals surface area contributed by atoms with Gasteiger partial charge in [-0.1, -0.05) is 29.3 Å². The van der Waals surface area contributed by atoms with Crippen molar-refractivity contribution < 1.29 is 32.3 Å². The fraction of sp³-hybridized carbons (Fsp3) is 0.400. The Morgan fingerprint density at radius 1 is 1.15 bits per heavy atom. The van der Waals surface area contributed by atoms with Crippen LogP contribution in [0.3, 0.4) is 0 Å². The standard InChI is InChI=1S/C23H23Cl2FN4O2.C2HF3O2/c1-28-6-2-5-23(11-28)12-29(13-23)22(32)16-8-14(3-4-18(16)26)7-15-10-27-21(31)19-9-17(24)20(25)30(15)19;3-2(4,5)1(6)7/h3-4,8-10H,2,5-7,11-13H2,1H3,(H,27,31);(H,6,7). The van der Waals surface area contributed by atoms with Crippen LogP contribution in [-0.2, 0) is 11.2 Å². The van der Waals surface area contributed by atoms with Gasteiger partial charge in [-0.15, -0.1) is 0 Å². The molecule has 2 N–H and O–H groups in total. The number of amides is 1. The first-order chi connectivity index (χ1) is 18.2. The molecule has 0 bridgehead atoms. The number of benzene rings is 1. The Bertz CT molecular complexity index is 1480. The number of hydrogen-bond acceptors (Lipinski definition) is 4. The number of alkyl halides is 3. The topological polar surface area (TPSA) is 98.1 Å². The molecule has 2 aliphatic heterocycles. The molecule has 0 aliphatic carbocycles. The largest absolute Gasteiger partial charge is 0.490 e. The molecule has 0 unspecified atom stereocenters. The average molecular weight is 591 g/mol. The summed E-state index contributed by atoms with van der Waals surface area (Å²) >= 11 is 12.4. The number of likely N-dealkylation sites (tertiary alicyclic amines) is 2. The van der Waals surface area contributed by atoms with Gasteiger partial charge in [-0.25, -0.2) is 9.18 Å². The van der Waals surface area contributed by atoms with E-state index in [0.717, 1.165) is 31.5 Å². The summed E-state index contributed by atoms with van der Waals surface area (Å²) in [5, 5.41) is 7.64. The normalized spacial score (nSPS) is 17.1. The molecule has 4 heterocycles. The number of H-pyrrole nitrogens is 1. The van der Waals surface area contributed by atoms with Gasteiger partial charge in [0.2, 0.25) is 0 Å². The van der Waals surface area contributed by atoms with Gasteiger partial charge in [0, 0.05) is 43.4 Å². The van der Waals surface area contributed by atoms with Crippen LogP contribution in [-0.4, -0.2) is 75.6 Å². The predicted octanol–water partition coefficient (Wildman–Crippen LogP) is 4.47. The summed E-state index contributed by atoms with van der Waals surface area (Å²) in [7, 11) is 2.10. The van der Waals surface area contributed by atoms with Crippen molar-refractivity contribution in [1.29, 1.82) is 0 Å². The first kappa shape index (κ1) is 28.9. The Morgan fingerprint density at radius 3 is 2.44 bits per heavy atom. The summed E-state index contributed by atoms with van der Waals surface area (Å²) in [4.78, 5) is 40.8. The smallest absolute Gasteiger partial charge is 0.475 e. The second kappa shape index (κ2) is 10.8. The molecule has 0 saturated carbocycles. The summed E-state index contributed by atoms with van der Waals surface area (Å²) in [6.07, 6.45) is -0.956. The van der Waals surface area contributed by atoms with E-state index in [1.54, 1.807) is 27.6 Å². The molecule has 2 aliphatic rings. The van der Waals surface area contributed by atoms with E-state index in [1.165, 1.54) is 12.1 Å². The zero-order valence-electron chi connectivity index (χ0n) is 20.6. The summed E-state index contributed by atoms with van der Waals surface area (Å²) < 4.78 is 47.9. The van der Waals surface area contributed by atoms with Crippen LogP contribution in [0, 0.1) is 11.2 Å². The van der Waals surface area contributed by atoms with Crippen molar-refractivity contribution in [3.63, 3.8) is 0 Å². The van der Waals surface area contributed by atoms with Gasteiger partial charge in [0.05, 0.1) is 10.6 Å². The van der Waals surface area contributed by atoms with Crippen molar-refractivity contribution >= 4 is 40.6 Å².